The SMILES string of the molecule is CC(C)(C)OC(=O)Nc1cnc2n(c1=O)[C@H](C(=O)NCc1nc3ccncc3s1)CC2. The van der Waals surface area contributed by atoms with Crippen LogP contribution in [0.15, 0.2) is 29.5 Å². The lowest BCUT2D eigenvalue weighted by molar-refractivity contribution is -0.124. The van der Waals surface area contributed by atoms with Crippen molar-refractivity contribution in [2.45, 2.75) is 51.8 Å². The predicted octanol–water partition coefficient (Wildman–Crippen LogP) is 2.40. The summed E-state index contributed by atoms with van der Waals surface area (Å²) in [7, 11) is 0. The minimum absolute atomic E-state index is 0.0311. The van der Waals surface area contributed by atoms with Gasteiger partial charge in [-0.1, -0.05) is 0 Å². The summed E-state index contributed by atoms with van der Waals surface area (Å²) in [6.07, 6.45) is 4.89. The van der Waals surface area contributed by atoms with Crippen LogP contribution in [0.25, 0.3) is 10.2 Å². The van der Waals surface area contributed by atoms with E-state index in [0.29, 0.717) is 18.7 Å². The number of anilines is 1. The van der Waals surface area contributed by atoms with Gasteiger partial charge in [-0.05, 0) is 33.3 Å². The molecular weight excluding hydrogens is 420 g/mol. The Morgan fingerprint density at radius 3 is 2.87 bits per heavy atom. The first-order chi connectivity index (χ1) is 14.7. The highest BCUT2D eigenvalue weighted by atomic mass is 32.1. The average Bonchev–Trinajstić information content (AvgIpc) is 3.31. The quantitative estimate of drug-likeness (QED) is 0.635. The van der Waals surface area contributed by atoms with Gasteiger partial charge >= 0.3 is 6.09 Å². The lowest BCUT2D eigenvalue weighted by Crippen LogP contribution is -2.37. The number of carbonyl (C=O) groups excluding carboxylic acids is 2. The molecule has 1 aliphatic rings. The monoisotopic (exact) mass is 442 g/mol. The second kappa shape index (κ2) is 8.06. The molecule has 162 valence electrons. The number of carbonyl (C=O) groups is 2. The van der Waals surface area contributed by atoms with E-state index in [9.17, 15) is 14.4 Å². The lowest BCUT2D eigenvalue weighted by atomic mass is 10.2. The van der Waals surface area contributed by atoms with E-state index in [2.05, 4.69) is 25.6 Å². The Morgan fingerprint density at radius 2 is 2.13 bits per heavy atom. The van der Waals surface area contributed by atoms with E-state index in [1.807, 2.05) is 6.07 Å². The van der Waals surface area contributed by atoms with Crippen LogP contribution in [0.5, 0.6) is 0 Å². The molecule has 0 radical (unpaired) electrons. The number of fused-ring (bicyclic) bond motifs is 2. The maximum Gasteiger partial charge on any atom is 0.412 e. The Kier molecular flexibility index (Phi) is 5.44. The van der Waals surface area contributed by atoms with E-state index >= 15 is 0 Å². The van der Waals surface area contributed by atoms with Crippen LogP contribution in [0.1, 0.15) is 44.1 Å². The number of thiazole rings is 1. The van der Waals surface area contributed by atoms with E-state index in [-0.39, 0.29) is 18.1 Å². The molecule has 2 amide bonds. The Balaban J connectivity index is 1.48. The van der Waals surface area contributed by atoms with Crippen molar-refractivity contribution in [1.29, 1.82) is 0 Å². The number of aryl methyl sites for hydroxylation is 1. The van der Waals surface area contributed by atoms with E-state index in [1.54, 1.807) is 33.2 Å². The fourth-order valence-corrected chi connectivity index (χ4v) is 4.21. The molecule has 3 aromatic rings. The third-order valence-corrected chi connectivity index (χ3v) is 5.62. The molecule has 0 fully saturated rings. The van der Waals surface area contributed by atoms with Crippen molar-refractivity contribution in [3.05, 3.63) is 45.8 Å². The van der Waals surface area contributed by atoms with Crippen LogP contribution in [0.3, 0.4) is 0 Å². The molecule has 0 saturated carbocycles. The molecule has 3 aromatic heterocycles. The molecule has 0 spiro atoms. The van der Waals surface area contributed by atoms with Gasteiger partial charge < -0.3 is 10.1 Å². The van der Waals surface area contributed by atoms with Gasteiger partial charge in [-0.2, -0.15) is 0 Å². The number of nitrogens with zero attached hydrogens (tertiary/aromatic N) is 4. The minimum Gasteiger partial charge on any atom is -0.444 e. The van der Waals surface area contributed by atoms with E-state index in [1.165, 1.54) is 22.1 Å². The zero-order chi connectivity index (χ0) is 22.2. The number of nitrogens with one attached hydrogen (secondary N) is 2. The predicted molar refractivity (Wildman–Crippen MR) is 115 cm³/mol. The largest absolute Gasteiger partial charge is 0.444 e. The fourth-order valence-electron chi connectivity index (χ4n) is 3.34. The lowest BCUT2D eigenvalue weighted by Gasteiger charge is -2.20. The zero-order valence-electron chi connectivity index (χ0n) is 17.3. The molecule has 1 atom stereocenters. The second-order valence-electron chi connectivity index (χ2n) is 8.11. The summed E-state index contributed by atoms with van der Waals surface area (Å²) in [5.41, 5.74) is -0.395. The van der Waals surface area contributed by atoms with Gasteiger partial charge in [0.15, 0.2) is 0 Å². The normalized spacial score (nSPS) is 15.5. The fraction of sp³-hybridized carbons (Fsp3) is 0.400. The van der Waals surface area contributed by atoms with Crippen molar-refractivity contribution in [1.82, 2.24) is 24.8 Å². The molecule has 2 N–H and O–H groups in total. The maximum atomic E-state index is 12.9. The molecule has 4 heterocycles. The number of hydrogen-bond acceptors (Lipinski definition) is 8. The third-order valence-electron chi connectivity index (χ3n) is 4.61. The molecular formula is C20H22N6O4S. The number of aromatic nitrogens is 4. The third kappa shape index (κ3) is 4.55. The number of pyridine rings is 1. The number of ether oxygens (including phenoxy) is 1. The summed E-state index contributed by atoms with van der Waals surface area (Å²) >= 11 is 1.45. The smallest absolute Gasteiger partial charge is 0.412 e. The standard InChI is InChI=1S/C20H22N6O4S/c1-20(2,3)30-19(29)25-12-8-22-15-5-4-13(26(15)18(12)28)17(27)23-10-16-24-11-6-7-21-9-14(11)31-16/h6-9,13H,4-5,10H2,1-3H3,(H,23,27)(H,25,29)/t13-/m0/s1. The van der Waals surface area contributed by atoms with E-state index in [0.717, 1.165) is 15.2 Å². The first kappa shape index (κ1) is 20.9. The average molecular weight is 443 g/mol. The number of amides is 2. The van der Waals surface area contributed by atoms with Crippen LogP contribution in [0.2, 0.25) is 0 Å². The molecule has 0 aromatic carbocycles. The van der Waals surface area contributed by atoms with Gasteiger partial charge in [0.2, 0.25) is 5.91 Å². The van der Waals surface area contributed by atoms with Crippen LogP contribution >= 0.6 is 11.3 Å². The van der Waals surface area contributed by atoms with Crippen LogP contribution in [0, 0.1) is 0 Å². The van der Waals surface area contributed by atoms with Gasteiger partial charge in [-0.3, -0.25) is 24.5 Å². The molecule has 11 heteroatoms. The van der Waals surface area contributed by atoms with Crippen molar-refractivity contribution in [2.75, 3.05) is 5.32 Å². The second-order valence-corrected chi connectivity index (χ2v) is 9.23. The van der Waals surface area contributed by atoms with Crippen molar-refractivity contribution < 1.29 is 14.3 Å². The van der Waals surface area contributed by atoms with Crippen LogP contribution in [-0.2, 0) is 22.5 Å². The summed E-state index contributed by atoms with van der Waals surface area (Å²) in [4.78, 5) is 50.6. The maximum absolute atomic E-state index is 12.9. The first-order valence-corrected chi connectivity index (χ1v) is 10.6. The topological polar surface area (TPSA) is 128 Å². The van der Waals surface area contributed by atoms with Gasteiger partial charge in [0, 0.05) is 18.8 Å². The number of rotatable bonds is 4. The summed E-state index contributed by atoms with van der Waals surface area (Å²) in [5, 5.41) is 6.03. The van der Waals surface area contributed by atoms with Gasteiger partial charge in [-0.25, -0.2) is 14.8 Å². The van der Waals surface area contributed by atoms with Crippen LogP contribution in [0.4, 0.5) is 10.5 Å². The summed E-state index contributed by atoms with van der Waals surface area (Å²) in [6, 6.07) is 1.11. The summed E-state index contributed by atoms with van der Waals surface area (Å²) in [6.45, 7) is 5.43. The van der Waals surface area contributed by atoms with Gasteiger partial charge in [0.1, 0.15) is 28.2 Å². The highest BCUT2D eigenvalue weighted by molar-refractivity contribution is 7.18. The van der Waals surface area contributed by atoms with Crippen LogP contribution < -0.4 is 16.2 Å². The van der Waals surface area contributed by atoms with E-state index in [4.69, 9.17) is 4.74 Å². The van der Waals surface area contributed by atoms with Crippen LogP contribution in [-0.4, -0.2) is 37.1 Å². The van der Waals surface area contributed by atoms with Crippen molar-refractivity contribution in [3.63, 3.8) is 0 Å². The molecule has 4 rings (SSSR count). The molecule has 0 bridgehead atoms. The minimum atomic E-state index is -0.753. The highest BCUT2D eigenvalue weighted by Crippen LogP contribution is 2.24. The summed E-state index contributed by atoms with van der Waals surface area (Å²) in [5.74, 6) is 0.209. The van der Waals surface area contributed by atoms with Crippen molar-refractivity contribution in [2.24, 2.45) is 0 Å². The molecule has 10 nitrogen and oxygen atoms in total. The highest BCUT2D eigenvalue weighted by Gasteiger charge is 2.31. The molecule has 0 aliphatic carbocycles. The van der Waals surface area contributed by atoms with Gasteiger partial charge in [-0.15, -0.1) is 11.3 Å². The number of hydrogen-bond donors (Lipinski definition) is 2. The van der Waals surface area contributed by atoms with Gasteiger partial charge in [0.05, 0.1) is 23.0 Å². The van der Waals surface area contributed by atoms with Crippen molar-refractivity contribution >= 4 is 39.2 Å². The van der Waals surface area contributed by atoms with Gasteiger partial charge in [0.25, 0.3) is 5.56 Å². The van der Waals surface area contributed by atoms with Crippen molar-refractivity contribution in [3.8, 4) is 0 Å². The van der Waals surface area contributed by atoms with E-state index < -0.39 is 23.3 Å². The summed E-state index contributed by atoms with van der Waals surface area (Å²) < 4.78 is 7.47. The first-order valence-electron chi connectivity index (χ1n) is 9.79. The molecule has 1 aliphatic heterocycles. The molecule has 0 saturated heterocycles. The Bertz CT molecular complexity index is 1180. The Morgan fingerprint density at radius 1 is 1.32 bits per heavy atom. The Hall–Kier alpha value is -3.34. The molecule has 31 heavy (non-hydrogen) atoms. The zero-order valence-corrected chi connectivity index (χ0v) is 18.2. The Labute approximate surface area is 181 Å². The molecule has 0 unspecified atom stereocenters.